The Bertz CT molecular complexity index is 952. The zero-order chi connectivity index (χ0) is 20.4. The van der Waals surface area contributed by atoms with E-state index in [2.05, 4.69) is 16.5 Å². The molecule has 2 fully saturated rings. The summed E-state index contributed by atoms with van der Waals surface area (Å²) in [6.07, 6.45) is 3.39. The number of nitrogens with zero attached hydrogens (tertiary/aromatic N) is 3. The Morgan fingerprint density at radius 1 is 1.21 bits per heavy atom. The van der Waals surface area contributed by atoms with Crippen molar-refractivity contribution >= 4 is 23.3 Å². The number of hydrogen-bond acceptors (Lipinski definition) is 5. The minimum absolute atomic E-state index is 0.0253. The van der Waals surface area contributed by atoms with Crippen LogP contribution in [-0.4, -0.2) is 41.9 Å². The number of halogens is 1. The van der Waals surface area contributed by atoms with Gasteiger partial charge in [-0.25, -0.2) is 4.68 Å². The molecule has 0 spiro atoms. The van der Waals surface area contributed by atoms with Crippen LogP contribution in [-0.2, 0) is 10.2 Å². The van der Waals surface area contributed by atoms with Gasteiger partial charge in [-0.1, -0.05) is 23.7 Å². The van der Waals surface area contributed by atoms with E-state index in [0.717, 1.165) is 25.7 Å². The summed E-state index contributed by atoms with van der Waals surface area (Å²) >= 11 is 6.20. The zero-order valence-electron chi connectivity index (χ0n) is 16.3. The van der Waals surface area contributed by atoms with Gasteiger partial charge in [-0.2, -0.15) is 5.10 Å². The second-order valence-corrected chi connectivity index (χ2v) is 8.41. The summed E-state index contributed by atoms with van der Waals surface area (Å²) in [5, 5.41) is 8.14. The maximum absolute atomic E-state index is 12.5. The lowest BCUT2D eigenvalue weighted by atomic mass is 9.68. The molecule has 0 bridgehead atoms. The van der Waals surface area contributed by atoms with Gasteiger partial charge in [-0.3, -0.25) is 9.59 Å². The molecule has 1 saturated carbocycles. The smallest absolute Gasteiger partial charge is 0.267 e. The van der Waals surface area contributed by atoms with E-state index in [1.54, 1.807) is 16.8 Å². The Kier molecular flexibility index (Phi) is 5.61. The van der Waals surface area contributed by atoms with Crippen molar-refractivity contribution in [2.75, 3.05) is 31.1 Å². The standard InChI is InChI=1S/C21H26ClN5O2/c22-16-3-1-2-15(12-16)21(14-23)8-6-17(7-9-21)27-20(29)5-4-18(25-27)26-11-10-24-19(28)13-26/h1-5,12,17H,6-11,13-14,23H2,(H,24,28)/t17-,21-. The first kappa shape index (κ1) is 19.9. The molecular formula is C21H26ClN5O2. The van der Waals surface area contributed by atoms with Crippen LogP contribution in [0.2, 0.25) is 5.02 Å². The fourth-order valence-corrected chi connectivity index (χ4v) is 4.70. The Balaban J connectivity index is 1.54. The van der Waals surface area contributed by atoms with Crippen molar-refractivity contribution < 1.29 is 4.79 Å². The normalized spacial score (nSPS) is 25.0. The molecule has 1 saturated heterocycles. The molecule has 3 N–H and O–H groups in total. The van der Waals surface area contributed by atoms with Crippen LogP contribution in [0.5, 0.6) is 0 Å². The van der Waals surface area contributed by atoms with Crippen molar-refractivity contribution in [3.05, 3.63) is 57.3 Å². The lowest BCUT2D eigenvalue weighted by molar-refractivity contribution is -0.120. The van der Waals surface area contributed by atoms with Crippen molar-refractivity contribution in [1.29, 1.82) is 0 Å². The maximum Gasteiger partial charge on any atom is 0.267 e. The molecule has 1 aromatic heterocycles. The molecule has 2 aromatic rings. The molecule has 4 rings (SSSR count). The molecule has 29 heavy (non-hydrogen) atoms. The SMILES string of the molecule is NC[C@]1(c2cccc(Cl)c2)CC[C@H](n2nc(N3CCNC(=O)C3)ccc2=O)CC1. The van der Waals surface area contributed by atoms with Crippen LogP contribution < -0.4 is 21.5 Å². The summed E-state index contributed by atoms with van der Waals surface area (Å²) < 4.78 is 1.60. The number of carbonyl (C=O) groups excluding carboxylic acids is 1. The third-order valence-corrected chi connectivity index (χ3v) is 6.49. The van der Waals surface area contributed by atoms with Gasteiger partial charge in [0, 0.05) is 36.1 Å². The second-order valence-electron chi connectivity index (χ2n) is 7.97. The molecule has 2 heterocycles. The van der Waals surface area contributed by atoms with Gasteiger partial charge in [0.05, 0.1) is 12.6 Å². The van der Waals surface area contributed by atoms with Gasteiger partial charge in [-0.15, -0.1) is 0 Å². The van der Waals surface area contributed by atoms with Gasteiger partial charge in [0.15, 0.2) is 0 Å². The first-order valence-electron chi connectivity index (χ1n) is 10.1. The average molecular weight is 416 g/mol. The van der Waals surface area contributed by atoms with Crippen molar-refractivity contribution in [3.8, 4) is 0 Å². The van der Waals surface area contributed by atoms with Gasteiger partial charge in [-0.05, 0) is 49.4 Å². The Morgan fingerprint density at radius 2 is 2.00 bits per heavy atom. The molecule has 0 unspecified atom stereocenters. The molecule has 7 nitrogen and oxygen atoms in total. The fourth-order valence-electron chi connectivity index (χ4n) is 4.51. The molecule has 1 aliphatic carbocycles. The van der Waals surface area contributed by atoms with Crippen LogP contribution in [0.3, 0.4) is 0 Å². The molecular weight excluding hydrogens is 390 g/mol. The number of anilines is 1. The summed E-state index contributed by atoms with van der Waals surface area (Å²) in [4.78, 5) is 26.1. The van der Waals surface area contributed by atoms with Crippen molar-refractivity contribution in [1.82, 2.24) is 15.1 Å². The van der Waals surface area contributed by atoms with Gasteiger partial charge in [0.1, 0.15) is 5.82 Å². The second kappa shape index (κ2) is 8.16. The summed E-state index contributed by atoms with van der Waals surface area (Å²) in [6.45, 7) is 2.08. The van der Waals surface area contributed by atoms with E-state index in [-0.39, 0.29) is 29.5 Å². The largest absolute Gasteiger partial charge is 0.353 e. The highest BCUT2D eigenvalue weighted by Crippen LogP contribution is 2.42. The third-order valence-electron chi connectivity index (χ3n) is 6.26. The molecule has 0 atom stereocenters. The quantitative estimate of drug-likeness (QED) is 0.794. The summed E-state index contributed by atoms with van der Waals surface area (Å²) in [5.74, 6) is 0.646. The number of hydrogen-bond donors (Lipinski definition) is 2. The topological polar surface area (TPSA) is 93.2 Å². The van der Waals surface area contributed by atoms with E-state index in [1.165, 1.54) is 5.56 Å². The van der Waals surface area contributed by atoms with E-state index in [9.17, 15) is 9.59 Å². The van der Waals surface area contributed by atoms with Gasteiger partial charge >= 0.3 is 0 Å². The maximum atomic E-state index is 12.5. The summed E-state index contributed by atoms with van der Waals surface area (Å²) in [7, 11) is 0. The highest BCUT2D eigenvalue weighted by atomic mass is 35.5. The monoisotopic (exact) mass is 415 g/mol. The van der Waals surface area contributed by atoms with Gasteiger partial charge in [0.25, 0.3) is 5.56 Å². The highest BCUT2D eigenvalue weighted by Gasteiger charge is 2.37. The lowest BCUT2D eigenvalue weighted by Crippen LogP contribution is -2.48. The highest BCUT2D eigenvalue weighted by molar-refractivity contribution is 6.30. The number of nitrogens with one attached hydrogen (secondary N) is 1. The first-order valence-corrected chi connectivity index (χ1v) is 10.5. The molecule has 1 aromatic carbocycles. The zero-order valence-corrected chi connectivity index (χ0v) is 17.1. The summed E-state index contributed by atoms with van der Waals surface area (Å²) in [6, 6.07) is 11.2. The molecule has 154 valence electrons. The molecule has 0 radical (unpaired) electrons. The molecule has 1 amide bonds. The van der Waals surface area contributed by atoms with Crippen LogP contribution in [0.1, 0.15) is 37.3 Å². The Hall–Kier alpha value is -2.38. The Labute approximate surface area is 174 Å². The molecule has 2 aliphatic rings. The van der Waals surface area contributed by atoms with E-state index in [1.807, 2.05) is 23.1 Å². The number of carbonyl (C=O) groups is 1. The number of benzene rings is 1. The number of rotatable bonds is 4. The van der Waals surface area contributed by atoms with Crippen LogP contribution in [0.15, 0.2) is 41.2 Å². The van der Waals surface area contributed by atoms with Crippen LogP contribution in [0.4, 0.5) is 5.82 Å². The minimum atomic E-state index is -0.117. The van der Waals surface area contributed by atoms with Gasteiger partial charge < -0.3 is 16.0 Å². The van der Waals surface area contributed by atoms with Crippen LogP contribution in [0, 0.1) is 0 Å². The van der Waals surface area contributed by atoms with E-state index in [0.29, 0.717) is 30.5 Å². The number of nitrogens with two attached hydrogens (primary N) is 1. The molecule has 1 aliphatic heterocycles. The minimum Gasteiger partial charge on any atom is -0.353 e. The number of piperazine rings is 1. The third kappa shape index (κ3) is 4.02. The van der Waals surface area contributed by atoms with E-state index < -0.39 is 0 Å². The summed E-state index contributed by atoms with van der Waals surface area (Å²) in [5.41, 5.74) is 7.14. The number of amides is 1. The van der Waals surface area contributed by atoms with Gasteiger partial charge in [0.2, 0.25) is 5.91 Å². The fraction of sp³-hybridized carbons (Fsp3) is 0.476. The predicted molar refractivity (Wildman–Crippen MR) is 113 cm³/mol. The van der Waals surface area contributed by atoms with Crippen LogP contribution >= 0.6 is 11.6 Å². The predicted octanol–water partition coefficient (Wildman–Crippen LogP) is 1.84. The van der Waals surface area contributed by atoms with Crippen LogP contribution in [0.25, 0.3) is 0 Å². The van der Waals surface area contributed by atoms with Crippen molar-refractivity contribution in [3.63, 3.8) is 0 Å². The van der Waals surface area contributed by atoms with Crippen molar-refractivity contribution in [2.24, 2.45) is 5.73 Å². The lowest BCUT2D eigenvalue weighted by Gasteiger charge is -2.40. The number of aromatic nitrogens is 2. The average Bonchev–Trinajstić information content (AvgIpc) is 2.74. The van der Waals surface area contributed by atoms with E-state index >= 15 is 0 Å². The van der Waals surface area contributed by atoms with E-state index in [4.69, 9.17) is 17.3 Å². The molecule has 8 heteroatoms. The van der Waals surface area contributed by atoms with Crippen molar-refractivity contribution in [2.45, 2.75) is 37.1 Å². The Morgan fingerprint density at radius 3 is 2.69 bits per heavy atom. The first-order chi connectivity index (χ1) is 14.0.